The first-order valence-corrected chi connectivity index (χ1v) is 7.50. The van der Waals surface area contributed by atoms with E-state index in [9.17, 15) is 4.79 Å². The predicted molar refractivity (Wildman–Crippen MR) is 86.9 cm³/mol. The number of nitrogens with zero attached hydrogens (tertiary/aromatic N) is 2. The van der Waals surface area contributed by atoms with Gasteiger partial charge in [-0.05, 0) is 49.9 Å². The number of amides is 1. The van der Waals surface area contributed by atoms with E-state index in [4.69, 9.17) is 5.11 Å². The van der Waals surface area contributed by atoms with Gasteiger partial charge in [-0.2, -0.15) is 5.10 Å². The molecule has 22 heavy (non-hydrogen) atoms. The molecule has 0 spiro atoms. The van der Waals surface area contributed by atoms with Gasteiger partial charge >= 0.3 is 0 Å². The molecule has 0 radical (unpaired) electrons. The summed E-state index contributed by atoms with van der Waals surface area (Å²) in [5.41, 5.74) is 5.09. The van der Waals surface area contributed by atoms with Crippen molar-refractivity contribution < 1.29 is 9.90 Å². The SMILES string of the molecule is Cc1nn(C)c(C)c1CCC(=O)Nc1ccc(CCO)cc1. The Morgan fingerprint density at radius 2 is 1.91 bits per heavy atom. The van der Waals surface area contributed by atoms with Crippen LogP contribution in [0.25, 0.3) is 0 Å². The molecule has 0 fully saturated rings. The van der Waals surface area contributed by atoms with Crippen LogP contribution in [-0.2, 0) is 24.7 Å². The fourth-order valence-corrected chi connectivity index (χ4v) is 2.53. The summed E-state index contributed by atoms with van der Waals surface area (Å²) < 4.78 is 1.85. The highest BCUT2D eigenvalue weighted by molar-refractivity contribution is 5.90. The van der Waals surface area contributed by atoms with Gasteiger partial charge in [-0.1, -0.05) is 12.1 Å². The maximum Gasteiger partial charge on any atom is 0.224 e. The minimum absolute atomic E-state index is 0.00226. The van der Waals surface area contributed by atoms with E-state index >= 15 is 0 Å². The van der Waals surface area contributed by atoms with E-state index in [2.05, 4.69) is 10.4 Å². The second kappa shape index (κ2) is 7.22. The van der Waals surface area contributed by atoms with Crippen molar-refractivity contribution in [2.24, 2.45) is 7.05 Å². The van der Waals surface area contributed by atoms with E-state index in [0.29, 0.717) is 19.3 Å². The van der Waals surface area contributed by atoms with Crippen LogP contribution in [0.5, 0.6) is 0 Å². The highest BCUT2D eigenvalue weighted by Crippen LogP contribution is 2.15. The molecule has 118 valence electrons. The van der Waals surface area contributed by atoms with Crippen LogP contribution in [0.1, 0.15) is 28.9 Å². The normalized spacial score (nSPS) is 10.7. The Kier molecular flexibility index (Phi) is 5.33. The Labute approximate surface area is 131 Å². The van der Waals surface area contributed by atoms with Crippen LogP contribution in [0, 0.1) is 13.8 Å². The molecule has 0 unspecified atom stereocenters. The third-order valence-electron chi connectivity index (χ3n) is 3.90. The van der Waals surface area contributed by atoms with Gasteiger partial charge in [0.25, 0.3) is 0 Å². The Bertz CT molecular complexity index is 645. The van der Waals surface area contributed by atoms with E-state index in [1.54, 1.807) is 0 Å². The van der Waals surface area contributed by atoms with Gasteiger partial charge in [-0.25, -0.2) is 0 Å². The molecule has 5 heteroatoms. The molecular weight excluding hydrogens is 278 g/mol. The molecule has 0 saturated heterocycles. The van der Waals surface area contributed by atoms with Crippen LogP contribution in [-0.4, -0.2) is 27.4 Å². The van der Waals surface area contributed by atoms with Gasteiger partial charge in [0.15, 0.2) is 0 Å². The number of carbonyl (C=O) groups is 1. The van der Waals surface area contributed by atoms with Crippen molar-refractivity contribution in [2.75, 3.05) is 11.9 Å². The fraction of sp³-hybridized carbons (Fsp3) is 0.412. The van der Waals surface area contributed by atoms with Crippen LogP contribution >= 0.6 is 0 Å². The second-order valence-corrected chi connectivity index (χ2v) is 5.49. The van der Waals surface area contributed by atoms with Gasteiger partial charge < -0.3 is 10.4 Å². The Morgan fingerprint density at radius 1 is 1.23 bits per heavy atom. The number of aliphatic hydroxyl groups excluding tert-OH is 1. The number of anilines is 1. The van der Waals surface area contributed by atoms with Crippen LogP contribution in [0.15, 0.2) is 24.3 Å². The fourth-order valence-electron chi connectivity index (χ4n) is 2.53. The Balaban J connectivity index is 1.90. The average Bonchev–Trinajstić information content (AvgIpc) is 2.72. The molecule has 5 nitrogen and oxygen atoms in total. The van der Waals surface area contributed by atoms with Crippen molar-refractivity contribution >= 4 is 11.6 Å². The summed E-state index contributed by atoms with van der Waals surface area (Å²) in [6.45, 7) is 4.13. The second-order valence-electron chi connectivity index (χ2n) is 5.49. The van der Waals surface area contributed by atoms with Crippen LogP contribution in [0.4, 0.5) is 5.69 Å². The molecule has 2 rings (SSSR count). The Hall–Kier alpha value is -2.14. The number of nitrogens with one attached hydrogen (secondary N) is 1. The molecule has 2 N–H and O–H groups in total. The molecule has 0 aliphatic heterocycles. The van der Waals surface area contributed by atoms with Crippen LogP contribution in [0.3, 0.4) is 0 Å². The van der Waals surface area contributed by atoms with Crippen molar-refractivity contribution in [2.45, 2.75) is 33.1 Å². The van der Waals surface area contributed by atoms with Crippen LogP contribution in [0.2, 0.25) is 0 Å². The summed E-state index contributed by atoms with van der Waals surface area (Å²) in [6.07, 6.45) is 1.76. The van der Waals surface area contributed by atoms with E-state index < -0.39 is 0 Å². The van der Waals surface area contributed by atoms with Gasteiger partial charge in [-0.15, -0.1) is 0 Å². The van der Waals surface area contributed by atoms with Gasteiger partial charge in [0.2, 0.25) is 5.91 Å². The number of aliphatic hydroxyl groups is 1. The summed E-state index contributed by atoms with van der Waals surface area (Å²) in [5, 5.41) is 16.1. The number of aromatic nitrogens is 2. The monoisotopic (exact) mass is 301 g/mol. The predicted octanol–water partition coefficient (Wildman–Crippen LogP) is 2.14. The summed E-state index contributed by atoms with van der Waals surface area (Å²) in [6, 6.07) is 7.56. The lowest BCUT2D eigenvalue weighted by Crippen LogP contribution is -2.12. The maximum absolute atomic E-state index is 12.0. The molecule has 1 aromatic carbocycles. The zero-order valence-electron chi connectivity index (χ0n) is 13.4. The summed E-state index contributed by atoms with van der Waals surface area (Å²) in [4.78, 5) is 12.0. The highest BCUT2D eigenvalue weighted by atomic mass is 16.2. The van der Waals surface area contributed by atoms with Gasteiger partial charge in [0.1, 0.15) is 0 Å². The molecule has 2 aromatic rings. The molecular formula is C17H23N3O2. The third kappa shape index (κ3) is 3.95. The highest BCUT2D eigenvalue weighted by Gasteiger charge is 2.11. The first-order valence-electron chi connectivity index (χ1n) is 7.50. The van der Waals surface area contributed by atoms with Crippen LogP contribution < -0.4 is 5.32 Å². The van der Waals surface area contributed by atoms with Gasteiger partial charge in [-0.3, -0.25) is 9.48 Å². The third-order valence-corrected chi connectivity index (χ3v) is 3.90. The van der Waals surface area contributed by atoms with E-state index in [-0.39, 0.29) is 12.5 Å². The van der Waals surface area contributed by atoms with Gasteiger partial charge in [0.05, 0.1) is 5.69 Å². The van der Waals surface area contributed by atoms with Crippen molar-refractivity contribution in [1.82, 2.24) is 9.78 Å². The lowest BCUT2D eigenvalue weighted by molar-refractivity contribution is -0.116. The van der Waals surface area contributed by atoms with Crippen molar-refractivity contribution in [3.05, 3.63) is 46.8 Å². The van der Waals surface area contributed by atoms with Gasteiger partial charge in [0, 0.05) is 31.5 Å². The molecule has 1 heterocycles. The standard InChI is InChI=1S/C17H23N3O2/c1-12-16(13(2)20(3)19-12)8-9-17(22)18-15-6-4-14(5-7-15)10-11-21/h4-7,21H,8-11H2,1-3H3,(H,18,22). The number of benzene rings is 1. The molecule has 1 amide bonds. The number of hydrogen-bond donors (Lipinski definition) is 2. The quantitative estimate of drug-likeness (QED) is 0.859. The number of hydrogen-bond acceptors (Lipinski definition) is 3. The zero-order chi connectivity index (χ0) is 16.1. The van der Waals surface area contributed by atoms with Crippen molar-refractivity contribution in [1.29, 1.82) is 0 Å². The lowest BCUT2D eigenvalue weighted by atomic mass is 10.1. The summed E-state index contributed by atoms with van der Waals surface area (Å²) in [5.74, 6) is -0.00226. The molecule has 0 saturated carbocycles. The Morgan fingerprint density at radius 3 is 2.45 bits per heavy atom. The lowest BCUT2D eigenvalue weighted by Gasteiger charge is -2.07. The number of carbonyl (C=O) groups excluding carboxylic acids is 1. The first kappa shape index (κ1) is 16.2. The van der Waals surface area contributed by atoms with E-state index in [0.717, 1.165) is 28.2 Å². The van der Waals surface area contributed by atoms with Crippen molar-refractivity contribution in [3.63, 3.8) is 0 Å². The molecule has 0 bridgehead atoms. The topological polar surface area (TPSA) is 67.2 Å². The average molecular weight is 301 g/mol. The molecule has 0 atom stereocenters. The van der Waals surface area contributed by atoms with E-state index in [1.165, 1.54) is 0 Å². The molecule has 1 aromatic heterocycles. The van der Waals surface area contributed by atoms with Crippen molar-refractivity contribution in [3.8, 4) is 0 Å². The molecule has 0 aliphatic rings. The number of rotatable bonds is 6. The largest absolute Gasteiger partial charge is 0.396 e. The minimum atomic E-state index is -0.00226. The summed E-state index contributed by atoms with van der Waals surface area (Å²) in [7, 11) is 1.92. The molecule has 0 aliphatic carbocycles. The first-order chi connectivity index (χ1) is 10.5. The summed E-state index contributed by atoms with van der Waals surface area (Å²) >= 11 is 0. The number of aryl methyl sites for hydroxylation is 2. The minimum Gasteiger partial charge on any atom is -0.396 e. The smallest absolute Gasteiger partial charge is 0.224 e. The maximum atomic E-state index is 12.0. The zero-order valence-corrected chi connectivity index (χ0v) is 13.4. The van der Waals surface area contributed by atoms with E-state index in [1.807, 2.05) is 49.8 Å².